The van der Waals surface area contributed by atoms with Crippen LogP contribution >= 0.6 is 0 Å². The number of aromatic nitrogens is 2. The predicted octanol–water partition coefficient (Wildman–Crippen LogP) is 9.09. The first kappa shape index (κ1) is 35.0. The minimum atomic E-state index is -1.44. The number of allylic oxidation sites excluding steroid dienone is 2. The minimum Gasteiger partial charge on any atom is -0.455 e. The van der Waals surface area contributed by atoms with Crippen LogP contribution in [0.5, 0.6) is 0 Å². The first-order valence-corrected chi connectivity index (χ1v) is 17.3. The first-order chi connectivity index (χ1) is 23.7. The van der Waals surface area contributed by atoms with Gasteiger partial charge in [-0.05, 0) is 60.5 Å². The van der Waals surface area contributed by atoms with Gasteiger partial charge in [-0.15, -0.1) is 13.2 Å². The maximum atomic E-state index is 15.5. The fourth-order valence-electron chi connectivity index (χ4n) is 5.86. The number of anilines is 1. The lowest BCUT2D eigenvalue weighted by Crippen LogP contribution is -2.20. The topological polar surface area (TPSA) is 80.4 Å². The van der Waals surface area contributed by atoms with Crippen LogP contribution in [0.4, 0.5) is 14.5 Å². The number of hydrogen-bond donors (Lipinski definition) is 1. The molecule has 252 valence electrons. The van der Waals surface area contributed by atoms with Crippen molar-refractivity contribution in [3.8, 4) is 33.8 Å². The molecule has 7 nitrogen and oxygen atoms in total. The molecule has 1 atom stereocenters. The van der Waals surface area contributed by atoms with E-state index >= 15 is 4.39 Å². The minimum absolute atomic E-state index is 0.264. The Balaban J connectivity index is 0.00000230. The van der Waals surface area contributed by atoms with Gasteiger partial charge in [0.25, 0.3) is 5.91 Å². The molecule has 0 aliphatic carbocycles. The number of nitrogens with one attached hydrogen (secondary N) is 1. The number of furan rings is 1. The molecule has 3 aromatic heterocycles. The van der Waals surface area contributed by atoms with E-state index in [1.807, 2.05) is 42.8 Å². The van der Waals surface area contributed by atoms with E-state index in [1.54, 1.807) is 60.1 Å². The third-order valence-corrected chi connectivity index (χ3v) is 9.12. The van der Waals surface area contributed by atoms with Gasteiger partial charge in [0.1, 0.15) is 34.0 Å². The molecule has 3 aromatic carbocycles. The second-order valence-corrected chi connectivity index (χ2v) is 12.4. The van der Waals surface area contributed by atoms with E-state index in [2.05, 4.69) is 18.5 Å². The summed E-state index contributed by atoms with van der Waals surface area (Å²) in [5.41, 5.74) is 5.51. The summed E-state index contributed by atoms with van der Waals surface area (Å²) < 4.78 is 51.9. The Hall–Kier alpha value is -5.35. The largest absolute Gasteiger partial charge is 0.455 e. The summed E-state index contributed by atoms with van der Waals surface area (Å²) in [4.78, 5) is 18.4. The number of pyridine rings is 1. The number of hydrogen-bond acceptors (Lipinski definition) is 4. The summed E-state index contributed by atoms with van der Waals surface area (Å²) >= 11 is 0. The van der Waals surface area contributed by atoms with E-state index in [4.69, 9.17) is 9.40 Å². The van der Waals surface area contributed by atoms with Gasteiger partial charge in [0.2, 0.25) is 0 Å². The monoisotopic (exact) mass is 680 g/mol. The molecule has 0 bridgehead atoms. The Morgan fingerprint density at radius 3 is 2.43 bits per heavy atom. The summed E-state index contributed by atoms with van der Waals surface area (Å²) in [7, 11) is 1.77. The Bertz CT molecular complexity index is 2220. The van der Waals surface area contributed by atoms with Crippen LogP contribution < -0.4 is 9.62 Å². The normalized spacial score (nSPS) is 11.6. The van der Waals surface area contributed by atoms with E-state index in [9.17, 15) is 13.4 Å². The van der Waals surface area contributed by atoms with Crippen molar-refractivity contribution < 1.29 is 22.2 Å². The van der Waals surface area contributed by atoms with Crippen molar-refractivity contribution in [3.63, 3.8) is 0 Å². The van der Waals surface area contributed by atoms with Crippen molar-refractivity contribution >= 4 is 44.5 Å². The average molecular weight is 681 g/mol. The van der Waals surface area contributed by atoms with Gasteiger partial charge in [-0.2, -0.15) is 0 Å². The third kappa shape index (κ3) is 6.56. The summed E-state index contributed by atoms with van der Waals surface area (Å²) in [6.45, 7) is 12.2. The lowest BCUT2D eigenvalue weighted by molar-refractivity contribution is 0.0964. The number of benzene rings is 3. The van der Waals surface area contributed by atoms with Gasteiger partial charge >= 0.3 is 0 Å². The highest BCUT2D eigenvalue weighted by Gasteiger charge is 2.26. The molecule has 49 heavy (non-hydrogen) atoms. The van der Waals surface area contributed by atoms with Crippen molar-refractivity contribution in [2.75, 3.05) is 24.7 Å². The van der Waals surface area contributed by atoms with Gasteiger partial charge in [0.15, 0.2) is 0 Å². The zero-order valence-corrected chi connectivity index (χ0v) is 29.0. The van der Waals surface area contributed by atoms with Crippen LogP contribution in [0.25, 0.3) is 55.7 Å². The predicted molar refractivity (Wildman–Crippen MR) is 197 cm³/mol. The molecule has 6 rings (SSSR count). The number of amides is 1. The number of halogens is 2. The smallest absolute Gasteiger partial charge is 0.255 e. The van der Waals surface area contributed by atoms with Gasteiger partial charge in [0, 0.05) is 66.6 Å². The molecule has 0 saturated carbocycles. The zero-order valence-electron chi connectivity index (χ0n) is 28.1. The van der Waals surface area contributed by atoms with Gasteiger partial charge in [0.05, 0.1) is 28.2 Å². The standard InChI is InChI=1S/C37H32F2N4O3S.C2H6/c1-6-9-22-14-17-29(41-35(22)27-21-43(18-7-2)30-11-8-10-28(39)33(27)30)25-19-26-32(20-31(25)42(4)47(5)45)46-36(34(26)37(44)40-3)23-12-15-24(38)16-13-23;1-2/h6-8,10-17,19-21H,1-2,9,18H2,3-5H3,(H,40,44);1-2H3. The highest BCUT2D eigenvalue weighted by Crippen LogP contribution is 2.42. The van der Waals surface area contributed by atoms with E-state index in [0.29, 0.717) is 68.6 Å². The van der Waals surface area contributed by atoms with Crippen LogP contribution in [0.15, 0.2) is 103 Å². The Morgan fingerprint density at radius 1 is 1.04 bits per heavy atom. The Kier molecular flexibility index (Phi) is 10.6. The number of fused-ring (bicyclic) bond motifs is 2. The summed E-state index contributed by atoms with van der Waals surface area (Å²) in [6, 6.07) is 17.9. The molecule has 0 saturated heterocycles. The van der Waals surface area contributed by atoms with Gasteiger partial charge in [-0.1, -0.05) is 38.1 Å². The van der Waals surface area contributed by atoms with Crippen molar-refractivity contribution in [1.82, 2.24) is 14.9 Å². The third-order valence-electron chi connectivity index (χ3n) is 8.15. The maximum Gasteiger partial charge on any atom is 0.255 e. The zero-order chi connectivity index (χ0) is 35.4. The van der Waals surface area contributed by atoms with Crippen LogP contribution in [0.3, 0.4) is 0 Å². The molecule has 0 spiro atoms. The lowest BCUT2D eigenvalue weighted by Gasteiger charge is -2.20. The molecule has 0 aliphatic heterocycles. The highest BCUT2D eigenvalue weighted by molar-refractivity contribution is 7.85. The Labute approximate surface area is 287 Å². The molecule has 3 heterocycles. The van der Waals surface area contributed by atoms with E-state index in [-0.39, 0.29) is 17.1 Å². The molecule has 1 N–H and O–H groups in total. The SMILES string of the molecule is C=CCc1ccc(-c2cc3c(C(=O)NC)c(-c4ccc(F)cc4)oc3cc2N(C)S(C)=O)nc1-c1cn(CC=C)c2cccc(F)c12.CC. The average Bonchev–Trinajstić information content (AvgIpc) is 3.67. The van der Waals surface area contributed by atoms with E-state index in [0.717, 1.165) is 5.56 Å². The summed E-state index contributed by atoms with van der Waals surface area (Å²) in [5, 5.41) is 3.61. The van der Waals surface area contributed by atoms with Crippen molar-refractivity contribution in [3.05, 3.63) is 121 Å². The molecule has 0 radical (unpaired) electrons. The molecule has 0 fully saturated rings. The number of nitrogens with zero attached hydrogens (tertiary/aromatic N) is 3. The second-order valence-electron chi connectivity index (χ2n) is 11.0. The number of carbonyl (C=O) groups is 1. The highest BCUT2D eigenvalue weighted by atomic mass is 32.2. The van der Waals surface area contributed by atoms with E-state index in [1.165, 1.54) is 25.2 Å². The van der Waals surface area contributed by atoms with Crippen LogP contribution in [-0.2, 0) is 24.0 Å². The van der Waals surface area contributed by atoms with Crippen LogP contribution in [-0.4, -0.2) is 40.0 Å². The molecule has 6 aromatic rings. The maximum absolute atomic E-state index is 15.5. The molecule has 1 amide bonds. The van der Waals surface area contributed by atoms with Gasteiger partial charge in [-0.3, -0.25) is 9.10 Å². The van der Waals surface area contributed by atoms with Crippen LogP contribution in [0.2, 0.25) is 0 Å². The lowest BCUT2D eigenvalue weighted by atomic mass is 9.98. The first-order valence-electron chi connectivity index (χ1n) is 15.8. The number of rotatable bonds is 10. The van der Waals surface area contributed by atoms with Crippen LogP contribution in [0.1, 0.15) is 29.8 Å². The molecule has 1 unspecified atom stereocenters. The second kappa shape index (κ2) is 14.8. The molecule has 10 heteroatoms. The fraction of sp³-hybridized carbons (Fsp3) is 0.179. The molecular weight excluding hydrogens is 643 g/mol. The Morgan fingerprint density at radius 2 is 1.78 bits per heavy atom. The molecule has 0 aliphatic rings. The fourth-order valence-corrected chi connectivity index (χ4v) is 6.29. The van der Waals surface area contributed by atoms with Crippen LogP contribution in [0, 0.1) is 11.6 Å². The summed E-state index contributed by atoms with van der Waals surface area (Å²) in [5.74, 6) is -0.919. The van der Waals surface area contributed by atoms with Gasteiger partial charge < -0.3 is 14.3 Å². The quantitative estimate of drug-likeness (QED) is 0.146. The van der Waals surface area contributed by atoms with Crippen molar-refractivity contribution in [2.45, 2.75) is 26.8 Å². The molecular formula is C39H38F2N4O3S. The van der Waals surface area contributed by atoms with E-state index < -0.39 is 22.7 Å². The van der Waals surface area contributed by atoms with Crippen molar-refractivity contribution in [2.24, 2.45) is 0 Å². The van der Waals surface area contributed by atoms with Crippen molar-refractivity contribution in [1.29, 1.82) is 0 Å². The summed E-state index contributed by atoms with van der Waals surface area (Å²) in [6.07, 6.45) is 7.43. The number of carbonyl (C=O) groups excluding carboxylic acids is 1. The van der Waals surface area contributed by atoms with Gasteiger partial charge in [-0.25, -0.2) is 18.0 Å².